The molecular formula is C113H198O35. The lowest BCUT2D eigenvalue weighted by atomic mass is 9.98. The highest BCUT2D eigenvalue weighted by molar-refractivity contribution is 5.89. The first-order valence-corrected chi connectivity index (χ1v) is 51.8. The van der Waals surface area contributed by atoms with Gasteiger partial charge < -0.3 is 109 Å². The molecule has 35 heteroatoms. The molecule has 148 heavy (non-hydrogen) atoms. The molecule has 0 radical (unpaired) electrons. The summed E-state index contributed by atoms with van der Waals surface area (Å²) in [5, 5.41) is 0. The smallest absolute Gasteiger partial charge is 0.335 e. The number of esters is 12. The van der Waals surface area contributed by atoms with E-state index in [2.05, 4.69) is 123 Å². The largest absolute Gasteiger partial charge is 0.463 e. The van der Waals surface area contributed by atoms with Crippen molar-refractivity contribution in [3.05, 3.63) is 136 Å². The number of unbranched alkanes of at least 4 members (excludes halogenated alkanes) is 4. The van der Waals surface area contributed by atoms with Crippen LogP contribution in [0.1, 0.15) is 349 Å². The van der Waals surface area contributed by atoms with Gasteiger partial charge in [-0.05, 0) is 207 Å². The highest BCUT2D eigenvalue weighted by Gasteiger charge is 2.23. The van der Waals surface area contributed by atoms with E-state index in [0.29, 0.717) is 110 Å². The fourth-order valence-corrected chi connectivity index (χ4v) is 10.5. The quantitative estimate of drug-likeness (QED) is 0.0179. The van der Waals surface area contributed by atoms with Crippen LogP contribution in [0.5, 0.6) is 0 Å². The van der Waals surface area contributed by atoms with Gasteiger partial charge in [0.25, 0.3) is 0 Å². The Kier molecular flexibility index (Phi) is 112. The lowest BCUT2D eigenvalue weighted by Crippen LogP contribution is -2.26. The van der Waals surface area contributed by atoms with Gasteiger partial charge in [-0.3, -0.25) is 4.79 Å². The van der Waals surface area contributed by atoms with Crippen LogP contribution in [0.4, 0.5) is 0 Å². The molecule has 0 heterocycles. The van der Waals surface area contributed by atoms with Crippen LogP contribution in [0.2, 0.25) is 0 Å². The average Bonchev–Trinajstić information content (AvgIpc) is 0.914. The van der Waals surface area contributed by atoms with E-state index >= 15 is 0 Å². The summed E-state index contributed by atoms with van der Waals surface area (Å²) < 4.78 is 116. The van der Waals surface area contributed by atoms with Crippen molar-refractivity contribution >= 4 is 71.6 Å². The molecule has 2 aliphatic rings. The Bertz CT molecular complexity index is 3610. The summed E-state index contributed by atoms with van der Waals surface area (Å²) in [6, 6.07) is 0. The Morgan fingerprint density at radius 1 is 0.257 bits per heavy atom. The average molecular weight is 2120 g/mol. The third kappa shape index (κ3) is 115. The van der Waals surface area contributed by atoms with Crippen LogP contribution >= 0.6 is 0 Å². The topological polar surface area (TPSA) is 417 Å². The van der Waals surface area contributed by atoms with E-state index in [0.717, 1.165) is 94.6 Å². The third-order valence-corrected chi connectivity index (χ3v) is 18.6. The van der Waals surface area contributed by atoms with Crippen LogP contribution in [0, 0.1) is 23.7 Å². The van der Waals surface area contributed by atoms with Gasteiger partial charge >= 0.3 is 71.6 Å². The summed E-state index contributed by atoms with van der Waals surface area (Å²) in [7, 11) is 0. The fraction of sp³-hybridized carbons (Fsp3) is 0.699. The molecule has 0 aromatic heterocycles. The van der Waals surface area contributed by atoms with Gasteiger partial charge in [0, 0.05) is 84.0 Å². The van der Waals surface area contributed by atoms with E-state index in [4.69, 9.17) is 99.5 Å². The maximum absolute atomic E-state index is 11.2. The maximum Gasteiger partial charge on any atom is 0.335 e. The normalized spacial score (nSPS) is 14.2. The molecule has 2 fully saturated rings. The molecule has 0 N–H and O–H groups in total. The number of hydrogen-bond donors (Lipinski definition) is 0. The van der Waals surface area contributed by atoms with Crippen LogP contribution in [-0.2, 0) is 166 Å². The Hall–Kier alpha value is -9.66. The Morgan fingerprint density at radius 2 is 0.466 bits per heavy atom. The van der Waals surface area contributed by atoms with Gasteiger partial charge in [-0.25, -0.2) is 52.7 Å². The van der Waals surface area contributed by atoms with Crippen LogP contribution in [0.3, 0.4) is 0 Å². The molecule has 0 amide bonds. The zero-order chi connectivity index (χ0) is 116. The Labute approximate surface area is 890 Å². The summed E-state index contributed by atoms with van der Waals surface area (Å²) >= 11 is 0. The van der Waals surface area contributed by atoms with E-state index in [9.17, 15) is 57.5 Å². The van der Waals surface area contributed by atoms with Crippen molar-refractivity contribution in [1.29, 1.82) is 0 Å². The second kappa shape index (κ2) is 106. The van der Waals surface area contributed by atoms with Crippen molar-refractivity contribution in [2.75, 3.05) is 66.1 Å². The van der Waals surface area contributed by atoms with Gasteiger partial charge in [-0.1, -0.05) is 231 Å². The lowest BCUT2D eigenvalue weighted by Gasteiger charge is -2.25. The number of hydrogen-bond acceptors (Lipinski definition) is 35. The summed E-state index contributed by atoms with van der Waals surface area (Å²) in [4.78, 5) is 130. The second-order valence-electron chi connectivity index (χ2n) is 34.9. The number of rotatable bonds is 62. The SMILES string of the molecule is C=C(C)C(=O)OC(C)OC1CCCCC1.C=C(C)C(=O)OC(C)OCC.C=C(C)C(=O)OC(C)OCC(C)C.C=C(C)C(=O)OC(C)OCC(CC)CCCC.C=C(C)C(=O)OC(C)OCCCC.C=C(C)C(=O)OC(C)OCCOC(C)=O.C=CC(=O)OC(C)OC1CCCCC1.C=CC(=O)OC(C)OCC.C=CC(=O)OC(C)OCC(C)C.C=CC(=O)OC(C)OCC(CC)CCCC.C=CC(=O)OC(C)OCCCC. The zero-order valence-electron chi connectivity index (χ0n) is 96.4. The second-order valence-corrected chi connectivity index (χ2v) is 34.9. The molecule has 0 bridgehead atoms. The molecule has 2 aliphatic carbocycles. The van der Waals surface area contributed by atoms with Crippen LogP contribution in [-0.4, -0.2) is 219 Å². The van der Waals surface area contributed by atoms with Gasteiger partial charge in [-0.2, -0.15) is 0 Å². The van der Waals surface area contributed by atoms with Crippen molar-refractivity contribution in [1.82, 2.24) is 0 Å². The number of carbonyl (C=O) groups excluding carboxylic acids is 12. The highest BCUT2D eigenvalue weighted by atomic mass is 16.8. The molecule has 35 nitrogen and oxygen atoms in total. The number of carbonyl (C=O) groups is 12. The van der Waals surface area contributed by atoms with Gasteiger partial charge in [-0.15, -0.1) is 0 Å². The van der Waals surface area contributed by atoms with Crippen LogP contribution < -0.4 is 0 Å². The van der Waals surface area contributed by atoms with Gasteiger partial charge in [0.2, 0.25) is 18.9 Å². The molecule has 2 rings (SSSR count). The molecule has 2 saturated carbocycles. The molecule has 0 aromatic carbocycles. The Balaban J connectivity index is -0.000000206. The molecule has 0 aliphatic heterocycles. The molecule has 0 saturated heterocycles. The summed E-state index contributed by atoms with van der Waals surface area (Å²) in [6.07, 6.45) is 26.0. The van der Waals surface area contributed by atoms with Crippen LogP contribution in [0.25, 0.3) is 0 Å². The summed E-state index contributed by atoms with van der Waals surface area (Å²) in [5.74, 6) is -3.08. The molecular weight excluding hydrogens is 1920 g/mol. The minimum absolute atomic E-state index is 0.143. The van der Waals surface area contributed by atoms with Crippen LogP contribution in [0.15, 0.2) is 136 Å². The van der Waals surface area contributed by atoms with E-state index in [1.54, 1.807) is 118 Å². The molecule has 860 valence electrons. The lowest BCUT2D eigenvalue weighted by molar-refractivity contribution is -0.183. The molecule has 13 unspecified atom stereocenters. The maximum atomic E-state index is 11.2. The molecule has 13 atom stereocenters. The summed E-state index contributed by atoms with van der Waals surface area (Å²) in [6.45, 7) is 96.7. The summed E-state index contributed by atoms with van der Waals surface area (Å²) in [5.41, 5.74) is 2.29. The van der Waals surface area contributed by atoms with E-state index < -0.39 is 123 Å². The number of ether oxygens (including phenoxy) is 23. The zero-order valence-corrected chi connectivity index (χ0v) is 96.4. The van der Waals surface area contributed by atoms with Crippen molar-refractivity contribution in [2.24, 2.45) is 23.7 Å². The van der Waals surface area contributed by atoms with Crippen molar-refractivity contribution in [3.8, 4) is 0 Å². The van der Waals surface area contributed by atoms with E-state index in [1.807, 2.05) is 41.5 Å². The van der Waals surface area contributed by atoms with Crippen molar-refractivity contribution in [3.63, 3.8) is 0 Å². The molecule has 0 spiro atoms. The monoisotopic (exact) mass is 2120 g/mol. The standard InChI is InChI=1S/C14H26O3.C13H24O3.C12H20O3.C11H18O3.C10H16O5.2C10H18O3.2C9H16O3.C8H14O3.C7H12O3/c1-6-8-9-13(7-2)10-16-12(5)17-14(15)11(3)4;1-5-8-9-12(6-2)10-15-11(4)16-13(14)7-3;1-9(2)12(13)15-10(3)14-11-7-5-4-6-8-11;1-3-11(12)14-9(2)13-10-7-5-4-6-8-10;1-7(2)10(12)15-9(4)14-6-5-13-8(3)11;1-7(2)6-12-9(5)13-10(11)8(3)4;1-5-6-7-12-9(4)13-10(11)8(2)3;1-5-9(10)12-8(4)11-6-7(2)3;1-4-6-7-11-8(3)12-9(10)5-2;1-5-10-7(4)11-8(9)6(2)3;1-4-7(8)10-6(3)9-5-2/h12-13H,3,6-10H2,1-2,4-5H3;7,11-12H,3,5-6,8-10H2,1-2,4H3;10-11H,1,4-8H2,2-3H3;3,9-10H,1,4-8H2,2H3;9H,1,5-6H2,2-4H3;7,9H,3,6H2,1-2,4-5H3;9H,2,5-7H2,1,3-4H3;5,7-8H,1,6H2,2-4H3;5,8H,2,4,6-7H2,1,3H3;7H,2,5H2,1,3-4H3;4,6H,1,5H2,2-3H3. The predicted molar refractivity (Wildman–Crippen MR) is 575 cm³/mol. The molecule has 0 aromatic rings. The van der Waals surface area contributed by atoms with Gasteiger partial charge in [0.15, 0.2) is 50.3 Å². The Morgan fingerprint density at radius 3 is 0.696 bits per heavy atom. The first-order chi connectivity index (χ1) is 69.4. The van der Waals surface area contributed by atoms with Gasteiger partial charge in [0.05, 0.1) is 58.5 Å². The first kappa shape index (κ1) is 156. The van der Waals surface area contributed by atoms with Crippen molar-refractivity contribution < 1.29 is 166 Å². The minimum Gasteiger partial charge on any atom is -0.463 e. The highest BCUT2D eigenvalue weighted by Crippen LogP contribution is 2.24. The van der Waals surface area contributed by atoms with E-state index in [1.165, 1.54) is 84.0 Å². The minimum atomic E-state index is -0.676. The van der Waals surface area contributed by atoms with Gasteiger partial charge in [0.1, 0.15) is 6.61 Å². The first-order valence-electron chi connectivity index (χ1n) is 51.8. The third-order valence-electron chi connectivity index (χ3n) is 18.6. The van der Waals surface area contributed by atoms with Crippen molar-refractivity contribution in [2.45, 2.75) is 430 Å². The van der Waals surface area contributed by atoms with E-state index in [-0.39, 0.29) is 43.3 Å². The fourth-order valence-electron chi connectivity index (χ4n) is 10.5. The predicted octanol–water partition coefficient (Wildman–Crippen LogP) is 23.8.